The molecule has 0 aliphatic heterocycles. The Morgan fingerprint density at radius 1 is 0.712 bits per heavy atom. The first-order valence-corrected chi connectivity index (χ1v) is 16.5. The molecule has 1 radical (unpaired) electrons. The van der Waals surface area contributed by atoms with Crippen LogP contribution in [0, 0.1) is 33.0 Å². The number of imidazole rings is 1. The van der Waals surface area contributed by atoms with E-state index in [1.165, 1.54) is 30.0 Å². The molecule has 0 N–H and O–H groups in total. The quantitative estimate of drug-likeness (QED) is 0.162. The number of fused-ring (bicyclic) bond motifs is 2. The van der Waals surface area contributed by atoms with Gasteiger partial charge in [-0.25, -0.2) is 0 Å². The van der Waals surface area contributed by atoms with E-state index in [0.29, 0.717) is 22.9 Å². The molecule has 6 aromatic carbocycles. The van der Waals surface area contributed by atoms with Crippen LogP contribution in [0.4, 0.5) is 0 Å². The van der Waals surface area contributed by atoms with E-state index >= 15 is 0 Å². The van der Waals surface area contributed by atoms with E-state index < -0.39 is 13.7 Å². The molecule has 0 amide bonds. The molecule has 0 saturated carbocycles. The summed E-state index contributed by atoms with van der Waals surface area (Å²) in [5.74, 6) is 0.730. The van der Waals surface area contributed by atoms with Gasteiger partial charge < -0.3 is 14.0 Å². The Hall–Kier alpha value is -5.87. The summed E-state index contributed by atoms with van der Waals surface area (Å²) in [6, 6.07) is 49.9. The number of hydrogen-bond acceptors (Lipinski definition) is 3. The van der Waals surface area contributed by atoms with Gasteiger partial charge in [-0.3, -0.25) is 4.98 Å². The van der Waals surface area contributed by atoms with Crippen LogP contribution in [0.25, 0.3) is 72.6 Å². The zero-order chi connectivity index (χ0) is 40.6. The summed E-state index contributed by atoms with van der Waals surface area (Å²) in [4.78, 5) is 9.19. The molecular formula is C47H35IrN3O-2. The number of hydrogen-bond donors (Lipinski definition) is 0. The summed E-state index contributed by atoms with van der Waals surface area (Å²) in [6.45, 7) is -2.20. The van der Waals surface area contributed by atoms with E-state index in [1.807, 2.05) is 42.5 Å². The van der Waals surface area contributed by atoms with Gasteiger partial charge in [0.25, 0.3) is 0 Å². The Labute approximate surface area is 327 Å². The fraction of sp³-hybridized carbons (Fsp3) is 0.0638. The Kier molecular flexibility index (Phi) is 7.84. The molecule has 0 aliphatic carbocycles. The molecule has 52 heavy (non-hydrogen) atoms. The average Bonchev–Trinajstić information content (AvgIpc) is 3.82. The summed E-state index contributed by atoms with van der Waals surface area (Å²) in [6.07, 6.45) is 4.42. The van der Waals surface area contributed by atoms with Crippen LogP contribution < -0.4 is 0 Å². The van der Waals surface area contributed by atoms with E-state index in [1.54, 1.807) is 18.2 Å². The smallest absolute Gasteiger partial charge is 0.0774 e. The van der Waals surface area contributed by atoms with Crippen LogP contribution in [0.15, 0.2) is 162 Å². The Balaban J connectivity index is 0.000000214. The van der Waals surface area contributed by atoms with Gasteiger partial charge in [0, 0.05) is 57.5 Å². The van der Waals surface area contributed by atoms with Crippen molar-refractivity contribution in [1.82, 2.24) is 14.5 Å². The van der Waals surface area contributed by atoms with Gasteiger partial charge in [0.1, 0.15) is 0 Å². The summed E-state index contributed by atoms with van der Waals surface area (Å²) in [5.41, 5.74) is 11.5. The van der Waals surface area contributed by atoms with E-state index in [4.69, 9.17) is 19.0 Å². The van der Waals surface area contributed by atoms with E-state index in [-0.39, 0.29) is 31.2 Å². The minimum absolute atomic E-state index is 0. The molecule has 4 nitrogen and oxygen atoms in total. The molecule has 255 valence electrons. The number of benzene rings is 6. The van der Waals surface area contributed by atoms with Crippen molar-refractivity contribution >= 4 is 22.0 Å². The number of para-hydroxylation sites is 3. The summed E-state index contributed by atoms with van der Waals surface area (Å²) >= 11 is 0. The fourth-order valence-corrected chi connectivity index (χ4v) is 6.28. The molecule has 9 aromatic rings. The molecule has 0 bridgehead atoms. The van der Waals surface area contributed by atoms with Gasteiger partial charge in [-0.05, 0) is 66.0 Å². The van der Waals surface area contributed by atoms with Crippen LogP contribution in [-0.2, 0) is 20.1 Å². The van der Waals surface area contributed by atoms with Crippen LogP contribution in [0.1, 0.15) is 26.3 Å². The van der Waals surface area contributed by atoms with Gasteiger partial charge in [0.05, 0.1) is 23.9 Å². The molecular weight excluding hydrogens is 815 g/mol. The standard InChI is InChI=1S/C34H23N2O.C13H12N.Ir/c1-23-20-27(24-12-4-2-5-13-24)33(28(21-23)25-14-6-3-7-15-25)36-31-18-10-9-17-30(31)35-34(36)29-22-37-32-19-11-8-16-26(29)32;1-10-3-6-12(7-4-10)13-8-5-11(2)9-14-13;/h2-21H,1H3;3-6,8-9H,1-2H3;/q2*-1;/i8D;1D3,2D3;. The maximum atomic E-state index is 8.23. The van der Waals surface area contributed by atoms with Crippen LogP contribution in [0.5, 0.6) is 0 Å². The van der Waals surface area contributed by atoms with Gasteiger partial charge in [0.15, 0.2) is 0 Å². The van der Waals surface area contributed by atoms with E-state index in [0.717, 1.165) is 55.7 Å². The number of pyridine rings is 1. The average molecular weight is 857 g/mol. The van der Waals surface area contributed by atoms with Crippen LogP contribution in [0.2, 0.25) is 0 Å². The van der Waals surface area contributed by atoms with Crippen molar-refractivity contribution in [1.29, 1.82) is 0 Å². The van der Waals surface area contributed by atoms with Crippen molar-refractivity contribution in [3.63, 3.8) is 0 Å². The van der Waals surface area contributed by atoms with E-state index in [9.17, 15) is 0 Å². The zero-order valence-corrected chi connectivity index (χ0v) is 30.4. The van der Waals surface area contributed by atoms with Gasteiger partial charge in [-0.2, -0.15) is 0 Å². The fourth-order valence-electron chi connectivity index (χ4n) is 6.28. The van der Waals surface area contributed by atoms with Crippen molar-refractivity contribution in [2.45, 2.75) is 20.6 Å². The third-order valence-corrected chi connectivity index (χ3v) is 8.64. The van der Waals surface area contributed by atoms with Crippen molar-refractivity contribution < 1.29 is 34.1 Å². The van der Waals surface area contributed by atoms with Gasteiger partial charge in [0.2, 0.25) is 0 Å². The van der Waals surface area contributed by atoms with Crippen LogP contribution in [0.3, 0.4) is 0 Å². The Morgan fingerprint density at radius 3 is 2.06 bits per heavy atom. The molecule has 9 rings (SSSR count). The predicted molar refractivity (Wildman–Crippen MR) is 209 cm³/mol. The minimum atomic E-state index is -2.18. The van der Waals surface area contributed by atoms with Gasteiger partial charge >= 0.3 is 0 Å². The molecule has 3 heterocycles. The van der Waals surface area contributed by atoms with Crippen molar-refractivity contribution in [2.24, 2.45) is 0 Å². The number of nitrogens with zero attached hydrogens (tertiary/aromatic N) is 3. The molecule has 3 aromatic heterocycles. The summed E-state index contributed by atoms with van der Waals surface area (Å²) in [7, 11) is 0. The number of furan rings is 1. The number of rotatable bonds is 5. The molecule has 0 unspecified atom stereocenters. The largest absolute Gasteiger partial charge is 0.557 e. The van der Waals surface area contributed by atoms with Crippen LogP contribution >= 0.6 is 0 Å². The monoisotopic (exact) mass is 857 g/mol. The Morgan fingerprint density at radius 2 is 1.40 bits per heavy atom. The normalized spacial score (nSPS) is 13.3. The van der Waals surface area contributed by atoms with Crippen molar-refractivity contribution in [2.75, 3.05) is 0 Å². The molecule has 0 fully saturated rings. The van der Waals surface area contributed by atoms with Gasteiger partial charge in [-0.15, -0.1) is 41.5 Å². The van der Waals surface area contributed by atoms with Gasteiger partial charge in [-0.1, -0.05) is 121 Å². The molecule has 0 aliphatic rings. The number of aryl methyl sites for hydroxylation is 3. The minimum Gasteiger partial charge on any atom is -0.557 e. The van der Waals surface area contributed by atoms with Crippen molar-refractivity contribution in [3.8, 4) is 50.6 Å². The molecule has 0 atom stereocenters. The summed E-state index contributed by atoms with van der Waals surface area (Å²) < 4.78 is 59.9. The Bertz CT molecular complexity index is 2750. The SMILES string of the molecule is [2H]C([2H])([2H])c1c[c-]c(-c2ccc(C([2H])([2H])[2H])cn2)cc1.[2H]c1ccc2o[c-]c(-c3nc4ccccc4n3-c3c(-c4ccccc4)cc(C)cc3-c3ccccc3)c2c1.[Ir]. The first kappa shape index (κ1) is 26.9. The number of aromatic nitrogens is 3. The second-order valence-corrected chi connectivity index (χ2v) is 12.1. The second-order valence-electron chi connectivity index (χ2n) is 12.1. The predicted octanol–water partition coefficient (Wildman–Crippen LogP) is 12.0. The topological polar surface area (TPSA) is 43.9 Å². The second kappa shape index (κ2) is 15.2. The first-order valence-electron chi connectivity index (χ1n) is 20.0. The van der Waals surface area contributed by atoms with Crippen LogP contribution in [-0.4, -0.2) is 14.5 Å². The molecule has 0 spiro atoms. The third-order valence-electron chi connectivity index (χ3n) is 8.64. The maximum Gasteiger partial charge on any atom is 0.0774 e. The molecule has 0 saturated heterocycles. The zero-order valence-electron chi connectivity index (χ0n) is 35.0. The summed E-state index contributed by atoms with van der Waals surface area (Å²) in [5, 5.41) is 0.823. The maximum absolute atomic E-state index is 8.23. The first-order chi connectivity index (χ1) is 27.8. The van der Waals surface area contributed by atoms with Crippen molar-refractivity contribution in [3.05, 3.63) is 187 Å². The van der Waals surface area contributed by atoms with E-state index in [2.05, 4.69) is 95.5 Å². The molecule has 5 heteroatoms. The third kappa shape index (κ3) is 6.89.